The number of hydrogen-bond donors (Lipinski definition) is 0. The molecule has 0 bridgehead atoms. The van der Waals surface area contributed by atoms with Crippen molar-refractivity contribution in [2.45, 2.75) is 0 Å². The van der Waals surface area contributed by atoms with E-state index in [1.54, 1.807) is 0 Å². The number of hydrogen-bond acceptors (Lipinski definition) is 5. The first-order chi connectivity index (χ1) is 35.2. The second-order valence-corrected chi connectivity index (χ2v) is 18.4. The quantitative estimate of drug-likeness (QED) is 0.172. The van der Waals surface area contributed by atoms with Crippen LogP contribution in [-0.4, -0.2) is 19.1 Å². The molecule has 0 saturated heterocycles. The summed E-state index contributed by atoms with van der Waals surface area (Å²) in [6, 6.07) is 76.8. The predicted octanol–water partition coefficient (Wildman–Crippen LogP) is 17.4. The first-order valence-electron chi connectivity index (χ1n) is 23.9. The van der Waals surface area contributed by atoms with Gasteiger partial charge in [-0.2, -0.15) is 4.98 Å². The molecule has 0 atom stereocenters. The van der Waals surface area contributed by atoms with Gasteiger partial charge in [-0.05, 0) is 102 Å². The minimum atomic E-state index is 0.502. The second kappa shape index (κ2) is 14.4. The van der Waals surface area contributed by atoms with Crippen molar-refractivity contribution in [2.24, 2.45) is 0 Å². The molecule has 10 aromatic carbocycles. The van der Waals surface area contributed by atoms with Gasteiger partial charge in [-0.25, -0.2) is 4.98 Å². The number of aromatic nitrogens is 4. The van der Waals surface area contributed by atoms with Crippen LogP contribution in [0.5, 0.6) is 0 Å². The summed E-state index contributed by atoms with van der Waals surface area (Å²) >= 11 is 0. The fraction of sp³-hybridized carbons (Fsp3) is 0. The molecule has 0 spiro atoms. The lowest BCUT2D eigenvalue weighted by Gasteiger charge is -2.10. The molecule has 0 aliphatic carbocycles. The van der Waals surface area contributed by atoms with Gasteiger partial charge in [0.15, 0.2) is 5.82 Å². The molecule has 16 aromatic rings. The molecule has 0 aliphatic heterocycles. The van der Waals surface area contributed by atoms with E-state index in [2.05, 4.69) is 173 Å². The summed E-state index contributed by atoms with van der Waals surface area (Å²) in [6.45, 7) is 0. The molecule has 0 amide bonds. The molecule has 6 heterocycles. The van der Waals surface area contributed by atoms with Crippen molar-refractivity contribution in [1.29, 1.82) is 0 Å². The van der Waals surface area contributed by atoms with Crippen LogP contribution in [0.3, 0.4) is 0 Å². The van der Waals surface area contributed by atoms with Crippen LogP contribution in [0.4, 0.5) is 0 Å². The lowest BCUT2D eigenvalue weighted by molar-refractivity contribution is 0.653. The number of para-hydroxylation sites is 5. The van der Waals surface area contributed by atoms with E-state index in [1.807, 2.05) is 54.6 Å². The normalized spacial score (nSPS) is 12.2. The summed E-state index contributed by atoms with van der Waals surface area (Å²) in [5.74, 6) is 0.549. The zero-order valence-corrected chi connectivity index (χ0v) is 37.8. The highest BCUT2D eigenvalue weighted by molar-refractivity contribution is 6.20. The zero-order chi connectivity index (χ0) is 46.3. The third-order valence-corrected chi connectivity index (χ3v) is 14.6. The van der Waals surface area contributed by atoms with E-state index in [4.69, 9.17) is 23.2 Å². The monoisotopic (exact) mass is 908 g/mol. The molecule has 0 saturated carbocycles. The Bertz CT molecular complexity index is 4890. The summed E-state index contributed by atoms with van der Waals surface area (Å²) in [4.78, 5) is 10.8. The van der Waals surface area contributed by atoms with E-state index >= 15 is 0 Å². The SMILES string of the molecule is c1ccc(-n2c3ccccc3c3cc(-c4ccc5c(c4)c4ccccc4n5-c4ccc5oc6nc(-c7cccc8oc9ccccc9c78)nc(-c7cccc8oc9ccccc9c78)c6c5c4)ccc32)cc1. The second-order valence-electron chi connectivity index (χ2n) is 18.4. The van der Waals surface area contributed by atoms with E-state index in [0.717, 1.165) is 105 Å². The Morgan fingerprint density at radius 3 is 1.45 bits per heavy atom. The largest absolute Gasteiger partial charge is 0.456 e. The van der Waals surface area contributed by atoms with E-state index in [-0.39, 0.29) is 0 Å². The summed E-state index contributed by atoms with van der Waals surface area (Å²) in [6.07, 6.45) is 0. The van der Waals surface area contributed by atoms with Crippen LogP contribution in [0.2, 0.25) is 0 Å². The molecule has 0 radical (unpaired) electrons. The maximum atomic E-state index is 6.83. The van der Waals surface area contributed by atoms with Crippen LogP contribution in [0.15, 0.2) is 232 Å². The Balaban J connectivity index is 0.909. The fourth-order valence-corrected chi connectivity index (χ4v) is 11.5. The summed E-state index contributed by atoms with van der Waals surface area (Å²) < 4.78 is 24.4. The van der Waals surface area contributed by atoms with Crippen molar-refractivity contribution >= 4 is 110 Å². The summed E-state index contributed by atoms with van der Waals surface area (Å²) in [5.41, 5.74) is 16.1. The first-order valence-corrected chi connectivity index (χ1v) is 23.9. The molecule has 0 unspecified atom stereocenters. The predicted molar refractivity (Wildman–Crippen MR) is 289 cm³/mol. The number of benzene rings is 10. The first kappa shape index (κ1) is 38.3. The zero-order valence-electron chi connectivity index (χ0n) is 37.8. The van der Waals surface area contributed by atoms with Crippen LogP contribution >= 0.6 is 0 Å². The summed E-state index contributed by atoms with van der Waals surface area (Å²) in [7, 11) is 0. The Kier molecular flexibility index (Phi) is 7.76. The van der Waals surface area contributed by atoms with Gasteiger partial charge in [0.2, 0.25) is 5.71 Å². The summed E-state index contributed by atoms with van der Waals surface area (Å²) in [5, 5.41) is 10.5. The van der Waals surface area contributed by atoms with Crippen molar-refractivity contribution in [3.8, 4) is 45.1 Å². The Hall–Kier alpha value is -9.72. The third kappa shape index (κ3) is 5.48. The van der Waals surface area contributed by atoms with Gasteiger partial charge < -0.3 is 22.4 Å². The van der Waals surface area contributed by atoms with Crippen molar-refractivity contribution in [3.63, 3.8) is 0 Å². The topological polar surface area (TPSA) is 75.1 Å². The highest BCUT2D eigenvalue weighted by atomic mass is 16.3. The molecule has 0 aliphatic rings. The average Bonchev–Trinajstić information content (AvgIpc) is 4.25. The molecule has 7 nitrogen and oxygen atoms in total. The lowest BCUT2D eigenvalue weighted by atomic mass is 9.99. The van der Waals surface area contributed by atoms with E-state index in [1.165, 1.54) is 38.1 Å². The minimum Gasteiger partial charge on any atom is -0.456 e. The molecular weight excluding hydrogens is 873 g/mol. The average molecular weight is 909 g/mol. The third-order valence-electron chi connectivity index (χ3n) is 14.6. The molecule has 0 fully saturated rings. The Morgan fingerprint density at radius 1 is 0.296 bits per heavy atom. The van der Waals surface area contributed by atoms with Crippen LogP contribution in [-0.2, 0) is 0 Å². The maximum Gasteiger partial charge on any atom is 0.231 e. The molecule has 16 rings (SSSR count). The van der Waals surface area contributed by atoms with Crippen molar-refractivity contribution in [3.05, 3.63) is 218 Å². The smallest absolute Gasteiger partial charge is 0.231 e. The van der Waals surface area contributed by atoms with Crippen molar-refractivity contribution < 1.29 is 13.3 Å². The fourth-order valence-electron chi connectivity index (χ4n) is 11.5. The highest BCUT2D eigenvalue weighted by Gasteiger charge is 2.25. The molecule has 6 aromatic heterocycles. The van der Waals surface area contributed by atoms with Crippen molar-refractivity contribution in [2.75, 3.05) is 0 Å². The van der Waals surface area contributed by atoms with Crippen LogP contribution in [0.25, 0.3) is 155 Å². The van der Waals surface area contributed by atoms with Gasteiger partial charge in [-0.1, -0.05) is 127 Å². The molecule has 7 heteroatoms. The van der Waals surface area contributed by atoms with E-state index in [9.17, 15) is 0 Å². The molecule has 330 valence electrons. The molecule has 71 heavy (non-hydrogen) atoms. The van der Waals surface area contributed by atoms with Gasteiger partial charge in [0.05, 0.1) is 33.1 Å². The van der Waals surface area contributed by atoms with Gasteiger partial charge in [0, 0.05) is 71.0 Å². The van der Waals surface area contributed by atoms with Gasteiger partial charge in [-0.3, -0.25) is 0 Å². The van der Waals surface area contributed by atoms with Crippen LogP contribution < -0.4 is 0 Å². The number of fused-ring (bicyclic) bond motifs is 15. The van der Waals surface area contributed by atoms with Crippen molar-refractivity contribution in [1.82, 2.24) is 19.1 Å². The van der Waals surface area contributed by atoms with Gasteiger partial charge in [0.25, 0.3) is 0 Å². The highest BCUT2D eigenvalue weighted by Crippen LogP contribution is 2.45. The Labute approximate surface area is 403 Å². The minimum absolute atomic E-state index is 0.502. The molecular formula is C64H36N4O3. The van der Waals surface area contributed by atoms with E-state index in [0.29, 0.717) is 11.5 Å². The van der Waals surface area contributed by atoms with Crippen LogP contribution in [0.1, 0.15) is 0 Å². The Morgan fingerprint density at radius 2 is 0.803 bits per heavy atom. The number of nitrogens with zero attached hydrogens (tertiary/aromatic N) is 4. The van der Waals surface area contributed by atoms with Gasteiger partial charge in [0.1, 0.15) is 27.9 Å². The van der Waals surface area contributed by atoms with E-state index < -0.39 is 0 Å². The number of furan rings is 3. The standard InChI is InChI=1S/C64H36N4O3/c1-2-14-39(15-3-1)67-50-22-8-4-16-41(50)47-34-37(28-31-52(47)67)38-29-32-53-48(35-38)42-17-5-9-23-51(42)68(53)40-30-33-56-49(36-40)61-62(45-20-12-26-57-59(45)43-18-6-10-24-54(43)69-57)65-63(66-64(61)71-56)46-21-13-27-58-60(46)44-19-7-11-25-55(44)70-58/h1-36H. The number of rotatable bonds is 5. The van der Waals surface area contributed by atoms with Gasteiger partial charge in [-0.15, -0.1) is 0 Å². The lowest BCUT2D eigenvalue weighted by Crippen LogP contribution is -1.95. The maximum absolute atomic E-state index is 6.83. The van der Waals surface area contributed by atoms with Crippen LogP contribution in [0, 0.1) is 0 Å². The van der Waals surface area contributed by atoms with Gasteiger partial charge >= 0.3 is 0 Å². The molecule has 0 N–H and O–H groups in total.